The van der Waals surface area contributed by atoms with Crippen molar-refractivity contribution in [2.45, 2.75) is 6.54 Å². The van der Waals surface area contributed by atoms with E-state index in [1.54, 1.807) is 18.2 Å². The second-order valence-corrected chi connectivity index (χ2v) is 9.76. The van der Waals surface area contributed by atoms with Crippen LogP contribution in [-0.4, -0.2) is 48.5 Å². The third kappa shape index (κ3) is 5.11. The van der Waals surface area contributed by atoms with Crippen LogP contribution in [0.5, 0.6) is 0 Å². The molecule has 2 N–H and O–H groups in total. The lowest BCUT2D eigenvalue weighted by Gasteiger charge is -2.26. The highest BCUT2D eigenvalue weighted by Gasteiger charge is 2.29. The third-order valence-corrected chi connectivity index (χ3v) is 7.17. The molecule has 2 aliphatic rings. The maximum Gasteiger partial charge on any atom is 0.337 e. The van der Waals surface area contributed by atoms with Crippen molar-refractivity contribution >= 4 is 46.3 Å². The van der Waals surface area contributed by atoms with Gasteiger partial charge in [0, 0.05) is 42.4 Å². The van der Waals surface area contributed by atoms with Crippen molar-refractivity contribution in [2.24, 2.45) is 0 Å². The number of anilines is 2. The molecule has 3 aromatic carbocycles. The van der Waals surface area contributed by atoms with Crippen LogP contribution < -0.4 is 10.6 Å². The van der Waals surface area contributed by atoms with Gasteiger partial charge >= 0.3 is 5.97 Å². The summed E-state index contributed by atoms with van der Waals surface area (Å²) in [5, 5.41) is 6.40. The molecule has 1 amide bonds. The van der Waals surface area contributed by atoms with Gasteiger partial charge in [-0.1, -0.05) is 48.5 Å². The zero-order valence-corrected chi connectivity index (χ0v) is 20.4. The number of benzene rings is 3. The molecule has 0 unspecified atom stereocenters. The van der Waals surface area contributed by atoms with Gasteiger partial charge in [-0.25, -0.2) is 4.79 Å². The molecule has 0 atom stereocenters. The van der Waals surface area contributed by atoms with Crippen LogP contribution in [0.15, 0.2) is 72.8 Å². The number of nitrogens with one attached hydrogen (secondary N) is 2. The summed E-state index contributed by atoms with van der Waals surface area (Å²) in [6.07, 6.45) is 0. The highest BCUT2D eigenvalue weighted by molar-refractivity contribution is 7.99. The monoisotopic (exact) mass is 485 g/mol. The van der Waals surface area contributed by atoms with Crippen LogP contribution in [0.2, 0.25) is 0 Å². The first-order chi connectivity index (χ1) is 17.1. The van der Waals surface area contributed by atoms with Crippen LogP contribution in [0.4, 0.5) is 11.4 Å². The fourth-order valence-corrected chi connectivity index (χ4v) is 5.38. The highest BCUT2D eigenvalue weighted by Crippen LogP contribution is 2.38. The van der Waals surface area contributed by atoms with E-state index in [1.165, 1.54) is 24.2 Å². The molecule has 1 fully saturated rings. The van der Waals surface area contributed by atoms with Crippen LogP contribution in [0.25, 0.3) is 11.3 Å². The molecule has 2 aliphatic heterocycles. The predicted octanol–water partition coefficient (Wildman–Crippen LogP) is 4.95. The summed E-state index contributed by atoms with van der Waals surface area (Å²) in [6, 6.07) is 23.3. The Morgan fingerprint density at radius 3 is 2.46 bits per heavy atom. The Balaban J connectivity index is 1.48. The van der Waals surface area contributed by atoms with E-state index in [1.807, 2.05) is 42.1 Å². The summed E-state index contributed by atoms with van der Waals surface area (Å²) in [4.78, 5) is 27.6. The maximum atomic E-state index is 13.1. The van der Waals surface area contributed by atoms with Gasteiger partial charge in [0.25, 0.3) is 5.91 Å². The molecule has 5 rings (SSSR count). The first-order valence-corrected chi connectivity index (χ1v) is 12.8. The lowest BCUT2D eigenvalue weighted by atomic mass is 9.99. The molecule has 0 radical (unpaired) electrons. The molecule has 6 nitrogen and oxygen atoms in total. The van der Waals surface area contributed by atoms with Gasteiger partial charge in [0.2, 0.25) is 0 Å². The van der Waals surface area contributed by atoms with Gasteiger partial charge in [0.1, 0.15) is 0 Å². The molecular weight excluding hydrogens is 458 g/mol. The number of carbonyl (C=O) groups excluding carboxylic acids is 2. The molecule has 0 saturated carbocycles. The fraction of sp³-hybridized carbons (Fsp3) is 0.214. The maximum absolute atomic E-state index is 13.1. The molecule has 0 bridgehead atoms. The van der Waals surface area contributed by atoms with Crippen LogP contribution in [0, 0.1) is 0 Å². The molecule has 0 spiro atoms. The fourth-order valence-electron chi connectivity index (χ4n) is 4.40. The SMILES string of the molecule is COC(=O)c1ccc2c(c1)NC(=O)C2=C(Nc1ccc(CN2CCSCC2)cc1)c1ccccc1. The molecule has 3 aromatic rings. The van der Waals surface area contributed by atoms with Crippen LogP contribution in [0.3, 0.4) is 0 Å². The van der Waals surface area contributed by atoms with Crippen molar-refractivity contribution in [3.8, 4) is 0 Å². The number of esters is 1. The minimum Gasteiger partial charge on any atom is -0.465 e. The van der Waals surface area contributed by atoms with Gasteiger partial charge in [-0.2, -0.15) is 11.8 Å². The normalized spacial score (nSPS) is 16.9. The standard InChI is InChI=1S/C28H27N3O3S/c1-34-28(33)21-9-12-23-24(17-21)30-27(32)25(23)26(20-5-3-2-4-6-20)29-22-10-7-19(8-11-22)18-31-13-15-35-16-14-31/h2-12,17,29H,13-16,18H2,1H3,(H,30,32). The average Bonchev–Trinajstić information content (AvgIpc) is 3.23. The number of ether oxygens (including phenoxy) is 1. The molecule has 0 aliphatic carbocycles. The Kier molecular flexibility index (Phi) is 6.88. The summed E-state index contributed by atoms with van der Waals surface area (Å²) in [6.45, 7) is 3.20. The summed E-state index contributed by atoms with van der Waals surface area (Å²) < 4.78 is 4.82. The molecule has 7 heteroatoms. The number of carbonyl (C=O) groups is 2. The van der Waals surface area contributed by atoms with Crippen molar-refractivity contribution in [2.75, 3.05) is 42.3 Å². The largest absolute Gasteiger partial charge is 0.465 e. The Hall–Kier alpha value is -3.55. The van der Waals surface area contributed by atoms with E-state index in [-0.39, 0.29) is 5.91 Å². The number of fused-ring (bicyclic) bond motifs is 1. The van der Waals surface area contributed by atoms with Gasteiger partial charge in [0.05, 0.1) is 29.6 Å². The minimum atomic E-state index is -0.440. The van der Waals surface area contributed by atoms with Crippen molar-refractivity contribution < 1.29 is 14.3 Å². The predicted molar refractivity (Wildman–Crippen MR) is 142 cm³/mol. The van der Waals surface area contributed by atoms with Crippen molar-refractivity contribution in [3.05, 3.63) is 95.1 Å². The third-order valence-electron chi connectivity index (χ3n) is 6.23. The van der Waals surface area contributed by atoms with Gasteiger partial charge in [-0.05, 0) is 35.4 Å². The number of thioether (sulfide) groups is 1. The Labute approximate surface area is 209 Å². The van der Waals surface area contributed by atoms with E-state index in [0.29, 0.717) is 22.5 Å². The number of nitrogens with zero attached hydrogens (tertiary/aromatic N) is 1. The highest BCUT2D eigenvalue weighted by atomic mass is 32.2. The van der Waals surface area contributed by atoms with E-state index in [4.69, 9.17) is 4.74 Å². The topological polar surface area (TPSA) is 70.7 Å². The number of hydrogen-bond acceptors (Lipinski definition) is 6. The average molecular weight is 486 g/mol. The van der Waals surface area contributed by atoms with Crippen LogP contribution >= 0.6 is 11.8 Å². The number of hydrogen-bond donors (Lipinski definition) is 2. The van der Waals surface area contributed by atoms with Gasteiger partial charge in [0.15, 0.2) is 0 Å². The zero-order chi connectivity index (χ0) is 24.2. The summed E-state index contributed by atoms with van der Waals surface area (Å²) >= 11 is 2.01. The molecule has 178 valence electrons. The summed E-state index contributed by atoms with van der Waals surface area (Å²) in [7, 11) is 1.34. The van der Waals surface area contributed by atoms with Crippen LogP contribution in [0.1, 0.15) is 27.0 Å². The minimum absolute atomic E-state index is 0.215. The number of amides is 1. The summed E-state index contributed by atoms with van der Waals surface area (Å²) in [5.41, 5.74) is 6.07. The zero-order valence-electron chi connectivity index (χ0n) is 19.5. The molecule has 0 aromatic heterocycles. The second kappa shape index (κ2) is 10.4. The van der Waals surface area contributed by atoms with E-state index >= 15 is 0 Å². The molecular formula is C28H27N3O3S. The second-order valence-electron chi connectivity index (χ2n) is 8.53. The quantitative estimate of drug-likeness (QED) is 0.380. The molecule has 35 heavy (non-hydrogen) atoms. The summed E-state index contributed by atoms with van der Waals surface area (Å²) in [5.74, 6) is 1.73. The van der Waals surface area contributed by atoms with Crippen LogP contribution in [-0.2, 0) is 16.1 Å². The van der Waals surface area contributed by atoms with E-state index in [0.717, 1.165) is 36.4 Å². The van der Waals surface area contributed by atoms with Crippen molar-refractivity contribution in [3.63, 3.8) is 0 Å². The smallest absolute Gasteiger partial charge is 0.337 e. The molecule has 1 saturated heterocycles. The van der Waals surface area contributed by atoms with E-state index in [9.17, 15) is 9.59 Å². The first kappa shape index (κ1) is 23.2. The lowest BCUT2D eigenvalue weighted by Crippen LogP contribution is -2.31. The Bertz CT molecular complexity index is 1270. The van der Waals surface area contributed by atoms with Gasteiger partial charge in [-0.15, -0.1) is 0 Å². The van der Waals surface area contributed by atoms with E-state index < -0.39 is 5.97 Å². The Morgan fingerprint density at radius 2 is 1.74 bits per heavy atom. The first-order valence-electron chi connectivity index (χ1n) is 11.6. The van der Waals surface area contributed by atoms with Gasteiger partial charge < -0.3 is 15.4 Å². The lowest BCUT2D eigenvalue weighted by molar-refractivity contribution is -0.110. The number of rotatable bonds is 6. The van der Waals surface area contributed by atoms with Crippen molar-refractivity contribution in [1.29, 1.82) is 0 Å². The van der Waals surface area contributed by atoms with Crippen molar-refractivity contribution in [1.82, 2.24) is 4.90 Å². The molecule has 2 heterocycles. The van der Waals surface area contributed by atoms with Gasteiger partial charge in [-0.3, -0.25) is 9.69 Å². The number of methoxy groups -OCH3 is 1. The Morgan fingerprint density at radius 1 is 1.00 bits per heavy atom. The van der Waals surface area contributed by atoms with E-state index in [2.05, 4.69) is 39.8 Å².